The predicted molar refractivity (Wildman–Crippen MR) is 115 cm³/mol. The molecule has 0 aliphatic heterocycles. The van der Waals surface area contributed by atoms with E-state index in [1.807, 2.05) is 0 Å². The van der Waals surface area contributed by atoms with Gasteiger partial charge in [-0.3, -0.25) is 4.79 Å². The highest BCUT2D eigenvalue weighted by Crippen LogP contribution is 2.18. The van der Waals surface area contributed by atoms with E-state index >= 15 is 0 Å². The van der Waals surface area contributed by atoms with Crippen LogP contribution in [0.1, 0.15) is 110 Å². The van der Waals surface area contributed by atoms with Crippen LogP contribution in [-0.2, 0) is 9.53 Å². The molecule has 0 radical (unpaired) electrons. The van der Waals surface area contributed by atoms with Gasteiger partial charge in [-0.15, -0.1) is 0 Å². The Kier molecular flexibility index (Phi) is 21.2. The molecule has 0 rings (SSSR count). The van der Waals surface area contributed by atoms with Gasteiger partial charge in [0.15, 0.2) is 0 Å². The number of carbonyl (C=O) groups excluding carboxylic acids is 1. The highest BCUT2D eigenvalue weighted by molar-refractivity contribution is 5.69. The molecule has 0 spiro atoms. The van der Waals surface area contributed by atoms with E-state index in [2.05, 4.69) is 19.2 Å². The summed E-state index contributed by atoms with van der Waals surface area (Å²) >= 11 is 0. The van der Waals surface area contributed by atoms with Crippen molar-refractivity contribution in [1.82, 2.24) is 5.32 Å². The Morgan fingerprint density at radius 1 is 0.815 bits per heavy atom. The topological polar surface area (TPSA) is 58.6 Å². The van der Waals surface area contributed by atoms with Gasteiger partial charge in [0.2, 0.25) is 0 Å². The maximum absolute atomic E-state index is 12.0. The van der Waals surface area contributed by atoms with E-state index in [1.165, 1.54) is 70.6 Å². The summed E-state index contributed by atoms with van der Waals surface area (Å²) in [7, 11) is 0. The molecule has 0 fully saturated rings. The van der Waals surface area contributed by atoms with Crippen molar-refractivity contribution in [3.8, 4) is 0 Å². The van der Waals surface area contributed by atoms with Crippen molar-refractivity contribution in [3.05, 3.63) is 0 Å². The van der Waals surface area contributed by atoms with E-state index in [0.717, 1.165) is 32.4 Å². The van der Waals surface area contributed by atoms with Gasteiger partial charge in [-0.1, -0.05) is 71.6 Å². The van der Waals surface area contributed by atoms with E-state index in [1.54, 1.807) is 0 Å². The minimum Gasteiger partial charge on any atom is -0.465 e. The van der Waals surface area contributed by atoms with Gasteiger partial charge in [-0.2, -0.15) is 0 Å². The van der Waals surface area contributed by atoms with Crippen LogP contribution in [0.25, 0.3) is 0 Å². The predicted octanol–water partition coefficient (Wildman–Crippen LogP) is 5.62. The summed E-state index contributed by atoms with van der Waals surface area (Å²) in [6.07, 6.45) is 17.1. The SMILES string of the molecule is CCCCCCC(CCCC)COC(=O)CCCCCCCNCCCO. The van der Waals surface area contributed by atoms with Crippen LogP contribution in [0.2, 0.25) is 0 Å². The minimum absolute atomic E-state index is 0.00396. The first kappa shape index (κ1) is 26.4. The summed E-state index contributed by atoms with van der Waals surface area (Å²) in [5, 5.41) is 12.0. The number of rotatable bonds is 21. The van der Waals surface area contributed by atoms with Crippen molar-refractivity contribution in [2.45, 2.75) is 110 Å². The quantitative estimate of drug-likeness (QED) is 0.199. The van der Waals surface area contributed by atoms with Crippen LogP contribution in [0.3, 0.4) is 0 Å². The van der Waals surface area contributed by atoms with Gasteiger partial charge in [0.05, 0.1) is 6.61 Å². The van der Waals surface area contributed by atoms with E-state index in [4.69, 9.17) is 9.84 Å². The lowest BCUT2D eigenvalue weighted by Gasteiger charge is -2.16. The Labute approximate surface area is 168 Å². The summed E-state index contributed by atoms with van der Waals surface area (Å²) in [6.45, 7) is 7.29. The third-order valence-electron chi connectivity index (χ3n) is 5.16. The largest absolute Gasteiger partial charge is 0.465 e. The maximum atomic E-state index is 12.0. The second-order valence-electron chi connectivity index (χ2n) is 7.89. The van der Waals surface area contributed by atoms with Crippen LogP contribution in [0.5, 0.6) is 0 Å². The number of ether oxygens (including phenoxy) is 1. The highest BCUT2D eigenvalue weighted by Gasteiger charge is 2.11. The normalized spacial score (nSPS) is 12.3. The zero-order chi connectivity index (χ0) is 20.0. The molecule has 2 N–H and O–H groups in total. The molecule has 0 aromatic carbocycles. The maximum Gasteiger partial charge on any atom is 0.305 e. The lowest BCUT2D eigenvalue weighted by molar-refractivity contribution is -0.145. The van der Waals surface area contributed by atoms with Crippen molar-refractivity contribution in [3.63, 3.8) is 0 Å². The third kappa shape index (κ3) is 19.9. The molecular formula is C23H47NO3. The van der Waals surface area contributed by atoms with Crippen molar-refractivity contribution < 1.29 is 14.6 Å². The monoisotopic (exact) mass is 385 g/mol. The molecule has 0 aromatic heterocycles. The average molecular weight is 386 g/mol. The summed E-state index contributed by atoms with van der Waals surface area (Å²) in [4.78, 5) is 12.0. The fourth-order valence-corrected chi connectivity index (χ4v) is 3.33. The second kappa shape index (κ2) is 21.7. The summed E-state index contributed by atoms with van der Waals surface area (Å²) in [6, 6.07) is 0. The number of esters is 1. The van der Waals surface area contributed by atoms with Gasteiger partial charge in [-0.25, -0.2) is 0 Å². The number of nitrogens with one attached hydrogen (secondary N) is 1. The van der Waals surface area contributed by atoms with E-state index in [0.29, 0.717) is 18.9 Å². The van der Waals surface area contributed by atoms with Crippen molar-refractivity contribution in [2.24, 2.45) is 5.92 Å². The number of aliphatic hydroxyl groups excluding tert-OH is 1. The van der Waals surface area contributed by atoms with Crippen molar-refractivity contribution in [2.75, 3.05) is 26.3 Å². The molecule has 27 heavy (non-hydrogen) atoms. The minimum atomic E-state index is -0.00396. The lowest BCUT2D eigenvalue weighted by Crippen LogP contribution is -2.17. The van der Waals surface area contributed by atoms with Crippen molar-refractivity contribution >= 4 is 5.97 Å². The molecule has 162 valence electrons. The highest BCUT2D eigenvalue weighted by atomic mass is 16.5. The second-order valence-corrected chi connectivity index (χ2v) is 7.89. The molecule has 0 aliphatic carbocycles. The summed E-state index contributed by atoms with van der Waals surface area (Å²) < 4.78 is 5.57. The molecule has 1 atom stereocenters. The first-order valence-corrected chi connectivity index (χ1v) is 11.7. The molecule has 0 amide bonds. The Bertz CT molecular complexity index is 310. The molecule has 4 nitrogen and oxygen atoms in total. The molecule has 0 aromatic rings. The van der Waals surface area contributed by atoms with Gasteiger partial charge in [0, 0.05) is 13.0 Å². The van der Waals surface area contributed by atoms with Gasteiger partial charge in [-0.05, 0) is 51.1 Å². The van der Waals surface area contributed by atoms with Crippen LogP contribution in [0.15, 0.2) is 0 Å². The molecular weight excluding hydrogens is 338 g/mol. The molecule has 4 heteroatoms. The third-order valence-corrected chi connectivity index (χ3v) is 5.16. The van der Waals surface area contributed by atoms with Gasteiger partial charge < -0.3 is 15.2 Å². The Hall–Kier alpha value is -0.610. The van der Waals surface area contributed by atoms with Gasteiger partial charge in [0.25, 0.3) is 0 Å². The number of unbranched alkanes of at least 4 members (excludes halogenated alkanes) is 8. The zero-order valence-corrected chi connectivity index (χ0v) is 18.3. The van der Waals surface area contributed by atoms with Crippen LogP contribution >= 0.6 is 0 Å². The average Bonchev–Trinajstić information content (AvgIpc) is 2.68. The van der Waals surface area contributed by atoms with E-state index in [-0.39, 0.29) is 12.6 Å². The number of hydrogen-bond acceptors (Lipinski definition) is 4. The lowest BCUT2D eigenvalue weighted by atomic mass is 9.96. The molecule has 0 bridgehead atoms. The standard InChI is InChI=1S/C23H47NO3/c1-3-5-7-11-16-22(15-6-4-2)21-27-23(26)17-12-9-8-10-13-18-24-19-14-20-25/h22,24-25H,3-21H2,1-2H3. The van der Waals surface area contributed by atoms with Crippen LogP contribution in [0, 0.1) is 5.92 Å². The van der Waals surface area contributed by atoms with E-state index < -0.39 is 0 Å². The Balaban J connectivity index is 3.61. The van der Waals surface area contributed by atoms with E-state index in [9.17, 15) is 4.79 Å². The smallest absolute Gasteiger partial charge is 0.305 e. The molecule has 0 saturated carbocycles. The fraction of sp³-hybridized carbons (Fsp3) is 0.957. The number of aliphatic hydroxyl groups is 1. The fourth-order valence-electron chi connectivity index (χ4n) is 3.33. The van der Waals surface area contributed by atoms with Crippen LogP contribution in [-0.4, -0.2) is 37.4 Å². The molecule has 1 unspecified atom stereocenters. The first-order valence-electron chi connectivity index (χ1n) is 11.7. The molecule has 0 saturated heterocycles. The summed E-state index contributed by atoms with van der Waals surface area (Å²) in [5.74, 6) is 0.555. The van der Waals surface area contributed by atoms with Gasteiger partial charge >= 0.3 is 5.97 Å². The number of hydrogen-bond donors (Lipinski definition) is 2. The Morgan fingerprint density at radius 2 is 1.44 bits per heavy atom. The van der Waals surface area contributed by atoms with Crippen LogP contribution < -0.4 is 5.32 Å². The summed E-state index contributed by atoms with van der Waals surface area (Å²) in [5.41, 5.74) is 0. The molecule has 0 aliphatic rings. The number of carbonyl (C=O) groups is 1. The van der Waals surface area contributed by atoms with Crippen LogP contribution in [0.4, 0.5) is 0 Å². The van der Waals surface area contributed by atoms with Gasteiger partial charge in [0.1, 0.15) is 0 Å². The molecule has 0 heterocycles. The Morgan fingerprint density at radius 3 is 2.19 bits per heavy atom. The first-order chi connectivity index (χ1) is 13.2. The zero-order valence-electron chi connectivity index (χ0n) is 18.3. The van der Waals surface area contributed by atoms with Crippen molar-refractivity contribution in [1.29, 1.82) is 0 Å².